The summed E-state index contributed by atoms with van der Waals surface area (Å²) in [6.07, 6.45) is 0. The fourth-order valence-corrected chi connectivity index (χ4v) is 3.71. The summed E-state index contributed by atoms with van der Waals surface area (Å²) in [5.74, 6) is -1.71. The molecule has 0 spiro atoms. The summed E-state index contributed by atoms with van der Waals surface area (Å²) in [4.78, 5) is 24.6. The van der Waals surface area contributed by atoms with Crippen LogP contribution in [0.15, 0.2) is 53.4 Å². The highest BCUT2D eigenvalue weighted by atomic mass is 32.2. The molecule has 144 valence electrons. The average molecular weight is 390 g/mol. The molecule has 0 bridgehead atoms. The Morgan fingerprint density at radius 1 is 1.15 bits per heavy atom. The largest absolute Gasteiger partial charge is 0.480 e. The summed E-state index contributed by atoms with van der Waals surface area (Å²) in [6, 6.07) is 12.3. The first-order valence-electron chi connectivity index (χ1n) is 8.27. The van der Waals surface area contributed by atoms with E-state index in [1.165, 1.54) is 32.2 Å². The Labute approximate surface area is 158 Å². The van der Waals surface area contributed by atoms with Crippen molar-refractivity contribution in [2.75, 3.05) is 7.05 Å². The van der Waals surface area contributed by atoms with Gasteiger partial charge >= 0.3 is 5.97 Å². The molecular weight excluding hydrogens is 368 g/mol. The fourth-order valence-electron chi connectivity index (χ4n) is 2.42. The van der Waals surface area contributed by atoms with E-state index in [2.05, 4.69) is 4.72 Å². The molecule has 0 aliphatic rings. The van der Waals surface area contributed by atoms with Gasteiger partial charge in [-0.1, -0.05) is 36.4 Å². The van der Waals surface area contributed by atoms with Crippen molar-refractivity contribution in [1.82, 2.24) is 9.62 Å². The van der Waals surface area contributed by atoms with Gasteiger partial charge in [-0.05, 0) is 37.1 Å². The first-order valence-corrected chi connectivity index (χ1v) is 9.76. The summed E-state index contributed by atoms with van der Waals surface area (Å²) < 4.78 is 27.9. The number of carboxylic acids is 1. The van der Waals surface area contributed by atoms with Crippen molar-refractivity contribution in [1.29, 1.82) is 0 Å². The second-order valence-corrected chi connectivity index (χ2v) is 7.96. The summed E-state index contributed by atoms with van der Waals surface area (Å²) in [5, 5.41) is 9.05. The first kappa shape index (κ1) is 20.6. The van der Waals surface area contributed by atoms with Crippen molar-refractivity contribution >= 4 is 21.9 Å². The maximum Gasteiger partial charge on any atom is 0.326 e. The van der Waals surface area contributed by atoms with Crippen molar-refractivity contribution in [3.63, 3.8) is 0 Å². The molecule has 1 atom stereocenters. The van der Waals surface area contributed by atoms with E-state index in [4.69, 9.17) is 5.11 Å². The molecule has 0 fully saturated rings. The lowest BCUT2D eigenvalue weighted by Crippen LogP contribution is -2.40. The fraction of sp³-hybridized carbons (Fsp3) is 0.263. The average Bonchev–Trinajstić information content (AvgIpc) is 2.65. The van der Waals surface area contributed by atoms with E-state index in [1.54, 1.807) is 19.1 Å². The second-order valence-electron chi connectivity index (χ2n) is 6.22. The third-order valence-corrected chi connectivity index (χ3v) is 5.84. The van der Waals surface area contributed by atoms with E-state index in [1.807, 2.05) is 18.2 Å². The van der Waals surface area contributed by atoms with Crippen LogP contribution >= 0.6 is 0 Å². The number of nitrogens with zero attached hydrogens (tertiary/aromatic N) is 1. The number of aryl methyl sites for hydroxylation is 1. The normalized spacial score (nSPS) is 12.4. The number of carbonyl (C=O) groups excluding carboxylic acids is 1. The number of amides is 1. The summed E-state index contributed by atoms with van der Waals surface area (Å²) in [5.41, 5.74) is 1.40. The number of carboxylic acid groups (broad SMARTS) is 1. The smallest absolute Gasteiger partial charge is 0.326 e. The minimum absolute atomic E-state index is 0.0133. The van der Waals surface area contributed by atoms with Crippen LogP contribution in [0.5, 0.6) is 0 Å². The highest BCUT2D eigenvalue weighted by Gasteiger charge is 2.25. The second kappa shape index (κ2) is 8.32. The van der Waals surface area contributed by atoms with Gasteiger partial charge in [-0.15, -0.1) is 0 Å². The third-order valence-electron chi connectivity index (χ3n) is 4.29. The van der Waals surface area contributed by atoms with Gasteiger partial charge in [0.1, 0.15) is 6.04 Å². The van der Waals surface area contributed by atoms with Gasteiger partial charge in [0.25, 0.3) is 5.91 Å². The highest BCUT2D eigenvalue weighted by molar-refractivity contribution is 7.89. The Morgan fingerprint density at radius 3 is 2.37 bits per heavy atom. The summed E-state index contributed by atoms with van der Waals surface area (Å²) in [6.45, 7) is 3.14. The van der Waals surface area contributed by atoms with Crippen LogP contribution in [-0.4, -0.2) is 43.4 Å². The zero-order valence-electron chi connectivity index (χ0n) is 15.3. The van der Waals surface area contributed by atoms with Crippen LogP contribution in [0.2, 0.25) is 0 Å². The molecule has 2 aromatic rings. The van der Waals surface area contributed by atoms with Gasteiger partial charge in [-0.25, -0.2) is 17.9 Å². The van der Waals surface area contributed by atoms with Gasteiger partial charge in [-0.3, -0.25) is 4.79 Å². The minimum Gasteiger partial charge on any atom is -0.480 e. The maximum absolute atomic E-state index is 12.7. The van der Waals surface area contributed by atoms with Gasteiger partial charge in [0, 0.05) is 19.2 Å². The number of aliphatic carboxylic acids is 1. The summed E-state index contributed by atoms with van der Waals surface area (Å²) >= 11 is 0. The predicted molar refractivity (Wildman–Crippen MR) is 101 cm³/mol. The van der Waals surface area contributed by atoms with Crippen molar-refractivity contribution in [3.8, 4) is 0 Å². The van der Waals surface area contributed by atoms with Crippen molar-refractivity contribution in [2.24, 2.45) is 0 Å². The van der Waals surface area contributed by atoms with E-state index in [9.17, 15) is 18.0 Å². The molecule has 2 rings (SSSR count). The van der Waals surface area contributed by atoms with Crippen LogP contribution in [0, 0.1) is 6.92 Å². The van der Waals surface area contributed by atoms with E-state index in [0.717, 1.165) is 10.5 Å². The van der Waals surface area contributed by atoms with Crippen molar-refractivity contribution in [2.45, 2.75) is 31.3 Å². The van der Waals surface area contributed by atoms with Crippen LogP contribution < -0.4 is 4.72 Å². The molecule has 1 unspecified atom stereocenters. The highest BCUT2D eigenvalue weighted by Crippen LogP contribution is 2.19. The van der Waals surface area contributed by atoms with E-state index in [0.29, 0.717) is 5.56 Å². The minimum atomic E-state index is -3.84. The Bertz CT molecular complexity index is 942. The van der Waals surface area contributed by atoms with Crippen LogP contribution in [-0.2, 0) is 21.4 Å². The molecular formula is C19H22N2O5S. The number of benzene rings is 2. The van der Waals surface area contributed by atoms with E-state index in [-0.39, 0.29) is 17.0 Å². The maximum atomic E-state index is 12.7. The molecule has 2 N–H and O–H groups in total. The number of carbonyl (C=O) groups is 2. The lowest BCUT2D eigenvalue weighted by molar-refractivity contribution is -0.141. The molecule has 8 heteroatoms. The Morgan fingerprint density at radius 2 is 1.78 bits per heavy atom. The Kier molecular flexibility index (Phi) is 6.35. The Hall–Kier alpha value is -2.71. The van der Waals surface area contributed by atoms with Crippen LogP contribution in [0.3, 0.4) is 0 Å². The van der Waals surface area contributed by atoms with Gasteiger partial charge in [-0.2, -0.15) is 0 Å². The topological polar surface area (TPSA) is 104 Å². The van der Waals surface area contributed by atoms with Gasteiger partial charge < -0.3 is 10.0 Å². The monoisotopic (exact) mass is 390 g/mol. The number of sulfonamides is 1. The number of rotatable bonds is 7. The predicted octanol–water partition coefficient (Wildman–Crippen LogP) is 2.02. The third kappa shape index (κ3) is 4.93. The molecule has 1 amide bonds. The number of hydrogen-bond acceptors (Lipinski definition) is 4. The SMILES string of the molecule is Cc1ccc(C(=O)N(C)C(C)C(=O)O)cc1S(=O)(=O)NCc1ccccc1. The molecule has 0 aliphatic carbocycles. The zero-order chi connectivity index (χ0) is 20.2. The molecule has 0 aromatic heterocycles. The number of likely N-dealkylation sites (N-methyl/N-ethyl adjacent to an activating group) is 1. The molecule has 0 aliphatic heterocycles. The molecule has 0 heterocycles. The molecule has 0 saturated carbocycles. The van der Waals surface area contributed by atoms with Gasteiger partial charge in [0.15, 0.2) is 0 Å². The Balaban J connectivity index is 2.28. The first-order chi connectivity index (χ1) is 12.6. The van der Waals surface area contributed by atoms with E-state index < -0.39 is 27.9 Å². The lowest BCUT2D eigenvalue weighted by Gasteiger charge is -2.22. The molecule has 0 radical (unpaired) electrons. The quantitative estimate of drug-likeness (QED) is 0.753. The zero-order valence-corrected chi connectivity index (χ0v) is 16.2. The van der Waals surface area contributed by atoms with Gasteiger partial charge in [0.2, 0.25) is 10.0 Å². The molecule has 0 saturated heterocycles. The lowest BCUT2D eigenvalue weighted by atomic mass is 10.1. The van der Waals surface area contributed by atoms with E-state index >= 15 is 0 Å². The molecule has 2 aromatic carbocycles. The van der Waals surface area contributed by atoms with Crippen LogP contribution in [0.1, 0.15) is 28.4 Å². The summed E-state index contributed by atoms with van der Waals surface area (Å²) in [7, 11) is -2.48. The number of hydrogen-bond donors (Lipinski definition) is 2. The van der Waals surface area contributed by atoms with Crippen LogP contribution in [0.4, 0.5) is 0 Å². The number of nitrogens with one attached hydrogen (secondary N) is 1. The molecule has 7 nitrogen and oxygen atoms in total. The van der Waals surface area contributed by atoms with Gasteiger partial charge in [0.05, 0.1) is 4.90 Å². The van der Waals surface area contributed by atoms with Crippen molar-refractivity contribution < 1.29 is 23.1 Å². The van der Waals surface area contributed by atoms with Crippen molar-refractivity contribution in [3.05, 3.63) is 65.2 Å². The standard InChI is InChI=1S/C19H22N2O5S/c1-13-9-10-16(18(22)21(3)14(2)19(23)24)11-17(13)27(25,26)20-12-15-7-5-4-6-8-15/h4-11,14,20H,12H2,1-3H3,(H,23,24). The molecule has 27 heavy (non-hydrogen) atoms. The van der Waals surface area contributed by atoms with Crippen LogP contribution in [0.25, 0.3) is 0 Å².